The molecule has 0 radical (unpaired) electrons. The molecule has 4 rings (SSSR count). The van der Waals surface area contributed by atoms with Crippen molar-refractivity contribution in [1.29, 1.82) is 0 Å². The molecule has 150 valence electrons. The van der Waals surface area contributed by atoms with E-state index in [0.29, 0.717) is 38.9 Å². The number of rotatable bonds is 7. The minimum Gasteiger partial charge on any atom is -0.468 e. The number of benzene rings is 1. The second kappa shape index (κ2) is 8.67. The van der Waals surface area contributed by atoms with Crippen molar-refractivity contribution in [3.8, 4) is 11.5 Å². The van der Waals surface area contributed by atoms with E-state index in [2.05, 4.69) is 4.90 Å². The van der Waals surface area contributed by atoms with Gasteiger partial charge in [0.15, 0.2) is 11.5 Å². The third-order valence-corrected chi connectivity index (χ3v) is 5.42. The molecule has 1 aromatic carbocycles. The van der Waals surface area contributed by atoms with Crippen LogP contribution in [0, 0.1) is 0 Å². The third-order valence-electron chi connectivity index (χ3n) is 5.42. The normalized spacial score (nSPS) is 19.2. The molecule has 1 aromatic heterocycles. The van der Waals surface area contributed by atoms with E-state index in [1.165, 1.54) is 0 Å². The Kier molecular flexibility index (Phi) is 5.83. The first-order valence-electron chi connectivity index (χ1n) is 9.76. The SMILES string of the molecule is O=C(CCc1ccc2c(c1)OCO2)N1CCN(Cc2ccco2)[C@@H](CCO)C1. The first kappa shape index (κ1) is 18.8. The van der Waals surface area contributed by atoms with Gasteiger partial charge in [-0.25, -0.2) is 0 Å². The lowest BCUT2D eigenvalue weighted by Gasteiger charge is -2.41. The van der Waals surface area contributed by atoms with Crippen LogP contribution in [-0.4, -0.2) is 59.9 Å². The van der Waals surface area contributed by atoms with E-state index in [9.17, 15) is 9.90 Å². The van der Waals surface area contributed by atoms with Crippen molar-refractivity contribution in [3.63, 3.8) is 0 Å². The monoisotopic (exact) mass is 386 g/mol. The van der Waals surface area contributed by atoms with Gasteiger partial charge in [-0.3, -0.25) is 9.69 Å². The summed E-state index contributed by atoms with van der Waals surface area (Å²) in [7, 11) is 0. The maximum atomic E-state index is 12.7. The van der Waals surface area contributed by atoms with Crippen molar-refractivity contribution in [3.05, 3.63) is 47.9 Å². The minimum atomic E-state index is 0.110. The number of aliphatic hydroxyl groups excluding tert-OH is 1. The van der Waals surface area contributed by atoms with Crippen LogP contribution in [-0.2, 0) is 17.8 Å². The lowest BCUT2D eigenvalue weighted by molar-refractivity contribution is -0.134. The van der Waals surface area contributed by atoms with Crippen LogP contribution < -0.4 is 9.47 Å². The Bertz CT molecular complexity index is 792. The topological polar surface area (TPSA) is 75.4 Å². The van der Waals surface area contributed by atoms with Crippen molar-refractivity contribution in [2.45, 2.75) is 31.8 Å². The summed E-state index contributed by atoms with van der Waals surface area (Å²) in [5.74, 6) is 2.57. The average molecular weight is 386 g/mol. The van der Waals surface area contributed by atoms with Crippen LogP contribution in [0.4, 0.5) is 0 Å². The van der Waals surface area contributed by atoms with Crippen LogP contribution in [0.5, 0.6) is 11.5 Å². The van der Waals surface area contributed by atoms with E-state index in [1.807, 2.05) is 35.2 Å². The van der Waals surface area contributed by atoms with E-state index in [1.54, 1.807) is 6.26 Å². The number of amides is 1. The summed E-state index contributed by atoms with van der Waals surface area (Å²) in [4.78, 5) is 17.0. The molecule has 0 spiro atoms. The summed E-state index contributed by atoms with van der Waals surface area (Å²) >= 11 is 0. The Hall–Kier alpha value is -2.51. The number of hydrogen-bond donors (Lipinski definition) is 1. The predicted octanol–water partition coefficient (Wildman–Crippen LogP) is 2.04. The van der Waals surface area contributed by atoms with Gasteiger partial charge in [-0.1, -0.05) is 6.07 Å². The number of carbonyl (C=O) groups is 1. The molecule has 0 aliphatic carbocycles. The summed E-state index contributed by atoms with van der Waals surface area (Å²) in [6, 6.07) is 9.80. The summed E-state index contributed by atoms with van der Waals surface area (Å²) in [6.45, 7) is 3.19. The maximum Gasteiger partial charge on any atom is 0.231 e. The van der Waals surface area contributed by atoms with Gasteiger partial charge in [0.1, 0.15) is 5.76 Å². The van der Waals surface area contributed by atoms with Gasteiger partial charge in [-0.15, -0.1) is 0 Å². The third kappa shape index (κ3) is 4.31. The van der Waals surface area contributed by atoms with Gasteiger partial charge in [0.25, 0.3) is 0 Å². The predicted molar refractivity (Wildman–Crippen MR) is 102 cm³/mol. The maximum absolute atomic E-state index is 12.7. The lowest BCUT2D eigenvalue weighted by atomic mass is 10.1. The van der Waals surface area contributed by atoms with Gasteiger partial charge in [0.2, 0.25) is 12.7 Å². The molecule has 1 atom stereocenters. The van der Waals surface area contributed by atoms with Crippen molar-refractivity contribution >= 4 is 5.91 Å². The standard InChI is InChI=1S/C21H26N2O5/c24-10-7-17-13-23(9-8-22(17)14-18-2-1-11-26-18)21(25)6-4-16-3-5-19-20(12-16)28-15-27-19/h1-3,5,11-12,17,24H,4,6-10,13-15H2/t17-/m0/s1. The molecule has 7 nitrogen and oxygen atoms in total. The van der Waals surface area contributed by atoms with Gasteiger partial charge in [0.05, 0.1) is 12.8 Å². The molecule has 0 unspecified atom stereocenters. The zero-order valence-electron chi connectivity index (χ0n) is 15.9. The lowest BCUT2D eigenvalue weighted by Crippen LogP contribution is -2.54. The van der Waals surface area contributed by atoms with Crippen LogP contribution >= 0.6 is 0 Å². The summed E-state index contributed by atoms with van der Waals surface area (Å²) in [5.41, 5.74) is 1.07. The highest BCUT2D eigenvalue weighted by Gasteiger charge is 2.29. The number of furan rings is 1. The smallest absolute Gasteiger partial charge is 0.231 e. The highest BCUT2D eigenvalue weighted by atomic mass is 16.7. The Morgan fingerprint density at radius 3 is 2.89 bits per heavy atom. The van der Waals surface area contributed by atoms with E-state index in [0.717, 1.165) is 29.4 Å². The number of piperazine rings is 1. The van der Waals surface area contributed by atoms with Crippen molar-refractivity contribution in [1.82, 2.24) is 9.80 Å². The molecule has 0 bridgehead atoms. The molecular weight excluding hydrogens is 360 g/mol. The van der Waals surface area contributed by atoms with Gasteiger partial charge in [-0.2, -0.15) is 0 Å². The molecule has 2 aliphatic rings. The van der Waals surface area contributed by atoms with Crippen molar-refractivity contribution in [2.24, 2.45) is 0 Å². The minimum absolute atomic E-state index is 0.110. The Labute approximate surface area is 164 Å². The number of hydrogen-bond acceptors (Lipinski definition) is 6. The quantitative estimate of drug-likeness (QED) is 0.785. The van der Waals surface area contributed by atoms with Gasteiger partial charge in [0, 0.05) is 38.7 Å². The molecule has 7 heteroatoms. The molecule has 1 amide bonds. The first-order chi connectivity index (χ1) is 13.7. The van der Waals surface area contributed by atoms with Crippen LogP contribution in [0.2, 0.25) is 0 Å². The van der Waals surface area contributed by atoms with Crippen LogP contribution in [0.3, 0.4) is 0 Å². The number of ether oxygens (including phenoxy) is 2. The van der Waals surface area contributed by atoms with E-state index >= 15 is 0 Å². The molecule has 2 aliphatic heterocycles. The number of carbonyl (C=O) groups excluding carboxylic acids is 1. The van der Waals surface area contributed by atoms with Gasteiger partial charge < -0.3 is 23.9 Å². The summed E-state index contributed by atoms with van der Waals surface area (Å²) in [5, 5.41) is 9.44. The summed E-state index contributed by atoms with van der Waals surface area (Å²) < 4.78 is 16.2. The van der Waals surface area contributed by atoms with Gasteiger partial charge in [-0.05, 0) is 42.7 Å². The van der Waals surface area contributed by atoms with Gasteiger partial charge >= 0.3 is 0 Å². The highest BCUT2D eigenvalue weighted by Crippen LogP contribution is 2.32. The fourth-order valence-electron chi connectivity index (χ4n) is 3.86. The molecule has 3 heterocycles. The fraction of sp³-hybridized carbons (Fsp3) is 0.476. The Balaban J connectivity index is 1.32. The number of fused-ring (bicyclic) bond motifs is 1. The van der Waals surface area contributed by atoms with Crippen LogP contribution in [0.25, 0.3) is 0 Å². The van der Waals surface area contributed by atoms with E-state index < -0.39 is 0 Å². The first-order valence-corrected chi connectivity index (χ1v) is 9.76. The molecule has 28 heavy (non-hydrogen) atoms. The van der Waals surface area contributed by atoms with E-state index in [-0.39, 0.29) is 25.3 Å². The van der Waals surface area contributed by atoms with Crippen LogP contribution in [0.15, 0.2) is 41.0 Å². The fourth-order valence-corrected chi connectivity index (χ4v) is 3.86. The van der Waals surface area contributed by atoms with Crippen molar-refractivity contribution in [2.75, 3.05) is 33.0 Å². The second-order valence-corrected chi connectivity index (χ2v) is 7.24. The molecule has 2 aromatic rings. The second-order valence-electron chi connectivity index (χ2n) is 7.24. The zero-order valence-corrected chi connectivity index (χ0v) is 15.9. The number of aliphatic hydroxyl groups is 1. The van der Waals surface area contributed by atoms with Crippen molar-refractivity contribution < 1.29 is 23.8 Å². The highest BCUT2D eigenvalue weighted by molar-refractivity contribution is 5.76. The van der Waals surface area contributed by atoms with Crippen LogP contribution in [0.1, 0.15) is 24.2 Å². The molecule has 1 fully saturated rings. The molecule has 0 saturated carbocycles. The largest absolute Gasteiger partial charge is 0.468 e. The number of nitrogens with zero attached hydrogens (tertiary/aromatic N) is 2. The summed E-state index contributed by atoms with van der Waals surface area (Å²) in [6.07, 6.45) is 3.45. The molecular formula is C21H26N2O5. The molecule has 1 saturated heterocycles. The Morgan fingerprint density at radius 1 is 1.18 bits per heavy atom. The Morgan fingerprint density at radius 2 is 2.07 bits per heavy atom. The zero-order chi connectivity index (χ0) is 19.3. The van der Waals surface area contributed by atoms with E-state index in [4.69, 9.17) is 13.9 Å². The average Bonchev–Trinajstić information content (AvgIpc) is 3.39. The molecule has 1 N–H and O–H groups in total. The number of aryl methyl sites for hydroxylation is 1.